The lowest BCUT2D eigenvalue weighted by Crippen LogP contribution is -2.44. The van der Waals surface area contributed by atoms with Crippen LogP contribution >= 0.6 is 0 Å². The number of ether oxygens (including phenoxy) is 1. The quantitative estimate of drug-likeness (QED) is 0.611. The smallest absolute Gasteiger partial charge is 0.408 e. The van der Waals surface area contributed by atoms with Gasteiger partial charge in [-0.05, 0) is 75.9 Å². The van der Waals surface area contributed by atoms with Gasteiger partial charge >= 0.3 is 6.09 Å². The number of aromatic hydroxyl groups is 1. The first-order valence-electron chi connectivity index (χ1n) is 10.7. The Morgan fingerprint density at radius 2 is 1.64 bits per heavy atom. The number of benzene rings is 2. The van der Waals surface area contributed by atoms with Crippen molar-refractivity contribution in [2.24, 2.45) is 0 Å². The Balaban J connectivity index is 2.30. The maximum absolute atomic E-state index is 13.4. The van der Waals surface area contributed by atoms with Gasteiger partial charge in [-0.1, -0.05) is 24.3 Å². The third-order valence-electron chi connectivity index (χ3n) is 5.08. The number of para-hydroxylation sites is 1. The Bertz CT molecular complexity index is 1020. The van der Waals surface area contributed by atoms with Gasteiger partial charge in [-0.3, -0.25) is 9.59 Å². The largest absolute Gasteiger partial charge is 0.508 e. The third-order valence-corrected chi connectivity index (χ3v) is 5.08. The van der Waals surface area contributed by atoms with Crippen molar-refractivity contribution < 1.29 is 24.2 Å². The van der Waals surface area contributed by atoms with Gasteiger partial charge in [0.05, 0.1) is 0 Å². The van der Waals surface area contributed by atoms with Crippen LogP contribution in [0.2, 0.25) is 0 Å². The molecule has 0 saturated carbocycles. The van der Waals surface area contributed by atoms with Crippen molar-refractivity contribution in [1.82, 2.24) is 10.2 Å². The van der Waals surface area contributed by atoms with E-state index in [0.29, 0.717) is 16.8 Å². The number of anilines is 1. The van der Waals surface area contributed by atoms with Crippen LogP contribution in [0, 0.1) is 20.8 Å². The monoisotopic (exact) mass is 455 g/mol. The summed E-state index contributed by atoms with van der Waals surface area (Å²) in [6.45, 7) is 10.3. The normalized spacial score (nSPS) is 12.0. The molecule has 2 aromatic carbocycles. The van der Waals surface area contributed by atoms with Gasteiger partial charge in [-0.25, -0.2) is 4.79 Å². The van der Waals surface area contributed by atoms with E-state index in [4.69, 9.17) is 4.74 Å². The molecule has 3 amide bonds. The summed E-state index contributed by atoms with van der Waals surface area (Å²) in [7, 11) is 1.50. The Morgan fingerprint density at radius 1 is 1.03 bits per heavy atom. The number of nitrogens with one attached hydrogen (secondary N) is 2. The molecule has 1 atom stereocenters. The molecule has 0 heterocycles. The summed E-state index contributed by atoms with van der Waals surface area (Å²) in [4.78, 5) is 39.5. The number of carbonyl (C=O) groups excluding carboxylic acids is 3. The lowest BCUT2D eigenvalue weighted by molar-refractivity contribution is -0.136. The maximum Gasteiger partial charge on any atom is 0.408 e. The van der Waals surface area contributed by atoms with Gasteiger partial charge in [0.1, 0.15) is 23.9 Å². The second kappa shape index (κ2) is 10.4. The number of nitrogens with zero attached hydrogens (tertiary/aromatic N) is 1. The van der Waals surface area contributed by atoms with Crippen LogP contribution in [-0.4, -0.2) is 47.1 Å². The summed E-state index contributed by atoms with van der Waals surface area (Å²) in [5.74, 6) is -0.799. The minimum Gasteiger partial charge on any atom is -0.508 e. The molecule has 178 valence electrons. The molecule has 0 spiro atoms. The fourth-order valence-electron chi connectivity index (χ4n) is 3.33. The van der Waals surface area contributed by atoms with Gasteiger partial charge in [-0.15, -0.1) is 0 Å². The summed E-state index contributed by atoms with van der Waals surface area (Å²) in [6.07, 6.45) is -0.721. The van der Waals surface area contributed by atoms with E-state index in [-0.39, 0.29) is 12.3 Å². The standard InChI is InChI=1S/C25H33N3O5/c1-15-9-8-10-16(2)21(15)27-23(31)22(18-11-12-19(29)17(3)13-18)28(7)20(30)14-26-24(32)33-25(4,5)6/h8-13,22,29H,14H2,1-7H3,(H,26,32)(H,27,31). The minimum absolute atomic E-state index is 0.0910. The highest BCUT2D eigenvalue weighted by Crippen LogP contribution is 2.28. The summed E-state index contributed by atoms with van der Waals surface area (Å²) < 4.78 is 5.17. The highest BCUT2D eigenvalue weighted by Gasteiger charge is 2.30. The number of phenolic OH excluding ortho intramolecular Hbond substituents is 1. The van der Waals surface area contributed by atoms with Gasteiger partial charge in [0.15, 0.2) is 0 Å². The zero-order valence-corrected chi connectivity index (χ0v) is 20.3. The van der Waals surface area contributed by atoms with Crippen LogP contribution in [0.1, 0.15) is 49.1 Å². The molecular formula is C25H33N3O5. The predicted molar refractivity (Wildman–Crippen MR) is 127 cm³/mol. The van der Waals surface area contributed by atoms with Crippen LogP contribution in [0.25, 0.3) is 0 Å². The molecule has 0 aliphatic rings. The van der Waals surface area contributed by atoms with Gasteiger partial charge in [0, 0.05) is 12.7 Å². The van der Waals surface area contributed by atoms with E-state index in [2.05, 4.69) is 10.6 Å². The van der Waals surface area contributed by atoms with Crippen LogP contribution < -0.4 is 10.6 Å². The van der Waals surface area contributed by atoms with Crippen molar-refractivity contribution in [2.45, 2.75) is 53.2 Å². The molecule has 2 rings (SSSR count). The molecular weight excluding hydrogens is 422 g/mol. The number of aryl methyl sites for hydroxylation is 3. The maximum atomic E-state index is 13.4. The van der Waals surface area contributed by atoms with Gasteiger partial charge in [0.2, 0.25) is 5.91 Å². The summed E-state index contributed by atoms with van der Waals surface area (Å²) in [6, 6.07) is 9.44. The molecule has 3 N–H and O–H groups in total. The Labute approximate surface area is 194 Å². The first kappa shape index (κ1) is 25.7. The Hall–Kier alpha value is -3.55. The number of phenols is 1. The number of likely N-dealkylation sites (N-methyl/N-ethyl adjacent to an activating group) is 1. The van der Waals surface area contributed by atoms with Crippen LogP contribution in [-0.2, 0) is 14.3 Å². The van der Waals surface area contributed by atoms with Crippen LogP contribution in [0.3, 0.4) is 0 Å². The van der Waals surface area contributed by atoms with Crippen LogP contribution in [0.5, 0.6) is 5.75 Å². The van der Waals surface area contributed by atoms with E-state index < -0.39 is 29.6 Å². The van der Waals surface area contributed by atoms with Crippen LogP contribution in [0.4, 0.5) is 10.5 Å². The number of alkyl carbamates (subject to hydrolysis) is 1. The number of hydrogen-bond donors (Lipinski definition) is 3. The molecule has 0 aromatic heterocycles. The average molecular weight is 456 g/mol. The molecule has 0 bridgehead atoms. The molecule has 33 heavy (non-hydrogen) atoms. The van der Waals surface area contributed by atoms with E-state index in [9.17, 15) is 19.5 Å². The summed E-state index contributed by atoms with van der Waals surface area (Å²) in [5.41, 5.74) is 2.87. The van der Waals surface area contributed by atoms with Crippen molar-refractivity contribution in [3.8, 4) is 5.75 Å². The fraction of sp³-hybridized carbons (Fsp3) is 0.400. The summed E-state index contributed by atoms with van der Waals surface area (Å²) >= 11 is 0. The number of amides is 3. The minimum atomic E-state index is -0.990. The van der Waals surface area contributed by atoms with Crippen LogP contribution in [0.15, 0.2) is 36.4 Å². The molecule has 8 heteroatoms. The molecule has 8 nitrogen and oxygen atoms in total. The van der Waals surface area contributed by atoms with Crippen molar-refractivity contribution in [3.05, 3.63) is 58.7 Å². The van der Waals surface area contributed by atoms with E-state index >= 15 is 0 Å². The SMILES string of the molecule is Cc1cc(C(C(=O)Nc2c(C)cccc2C)N(C)C(=O)CNC(=O)OC(C)(C)C)ccc1O. The molecule has 0 fully saturated rings. The Kier molecular flexibility index (Phi) is 8.08. The van der Waals surface area contributed by atoms with E-state index in [1.165, 1.54) is 18.0 Å². The third kappa shape index (κ3) is 6.97. The van der Waals surface area contributed by atoms with Crippen molar-refractivity contribution in [1.29, 1.82) is 0 Å². The van der Waals surface area contributed by atoms with E-state index in [0.717, 1.165) is 11.1 Å². The lowest BCUT2D eigenvalue weighted by Gasteiger charge is -2.29. The Morgan fingerprint density at radius 3 is 2.18 bits per heavy atom. The van der Waals surface area contributed by atoms with Crippen molar-refractivity contribution in [3.63, 3.8) is 0 Å². The first-order valence-corrected chi connectivity index (χ1v) is 10.7. The fourth-order valence-corrected chi connectivity index (χ4v) is 3.33. The molecule has 2 aromatic rings. The molecule has 0 aliphatic heterocycles. The second-order valence-corrected chi connectivity index (χ2v) is 9.06. The van der Waals surface area contributed by atoms with Crippen molar-refractivity contribution >= 4 is 23.6 Å². The first-order chi connectivity index (χ1) is 15.3. The second-order valence-electron chi connectivity index (χ2n) is 9.06. The number of carbonyl (C=O) groups is 3. The predicted octanol–water partition coefficient (Wildman–Crippen LogP) is 3.98. The zero-order valence-electron chi connectivity index (χ0n) is 20.3. The number of rotatable bonds is 6. The molecule has 0 saturated heterocycles. The van der Waals surface area contributed by atoms with Gasteiger partial charge in [0.25, 0.3) is 5.91 Å². The van der Waals surface area contributed by atoms with E-state index in [1.54, 1.807) is 39.8 Å². The highest BCUT2D eigenvalue weighted by atomic mass is 16.6. The lowest BCUT2D eigenvalue weighted by atomic mass is 10.0. The van der Waals surface area contributed by atoms with Gasteiger partial charge in [-0.2, -0.15) is 0 Å². The highest BCUT2D eigenvalue weighted by molar-refractivity contribution is 5.99. The van der Waals surface area contributed by atoms with Gasteiger partial charge < -0.3 is 25.4 Å². The molecule has 1 unspecified atom stereocenters. The molecule has 0 aliphatic carbocycles. The van der Waals surface area contributed by atoms with E-state index in [1.807, 2.05) is 32.0 Å². The number of hydrogen-bond acceptors (Lipinski definition) is 5. The van der Waals surface area contributed by atoms with Crippen molar-refractivity contribution in [2.75, 3.05) is 18.9 Å². The average Bonchev–Trinajstić information content (AvgIpc) is 2.70. The molecule has 0 radical (unpaired) electrons. The zero-order chi connectivity index (χ0) is 24.9. The topological polar surface area (TPSA) is 108 Å². The summed E-state index contributed by atoms with van der Waals surface area (Å²) in [5, 5.41) is 15.3.